The van der Waals surface area contributed by atoms with Gasteiger partial charge in [0, 0.05) is 5.56 Å². The van der Waals surface area contributed by atoms with E-state index in [1.54, 1.807) is 38.1 Å². The zero-order valence-electron chi connectivity index (χ0n) is 15.2. The molecule has 1 aromatic carbocycles. The fourth-order valence-corrected chi connectivity index (χ4v) is 2.54. The Kier molecular flexibility index (Phi) is 5.64. The number of amides is 3. The molecule has 2 rings (SSSR count). The zero-order chi connectivity index (χ0) is 19.5. The highest BCUT2D eigenvalue weighted by atomic mass is 16.5. The van der Waals surface area contributed by atoms with Gasteiger partial charge in [0.15, 0.2) is 6.10 Å². The summed E-state index contributed by atoms with van der Waals surface area (Å²) in [6.45, 7) is 4.25. The van der Waals surface area contributed by atoms with Crippen LogP contribution in [0, 0.1) is 0 Å². The van der Waals surface area contributed by atoms with Crippen molar-refractivity contribution in [2.24, 2.45) is 0 Å². The van der Waals surface area contributed by atoms with Gasteiger partial charge in [-0.25, -0.2) is 4.79 Å². The molecule has 0 radical (unpaired) electrons. The van der Waals surface area contributed by atoms with Crippen molar-refractivity contribution < 1.29 is 28.7 Å². The Labute approximate surface area is 151 Å². The number of hydrogen-bond acceptors (Lipinski definition) is 6. The van der Waals surface area contributed by atoms with Gasteiger partial charge in [-0.3, -0.25) is 19.3 Å². The lowest BCUT2D eigenvalue weighted by atomic mass is 9.99. The van der Waals surface area contributed by atoms with Gasteiger partial charge in [-0.15, -0.1) is 0 Å². The standard InChI is InChI=1S/C18H22N2O6/c1-5-18(3)16(23)20(17(24)19-18)10-14(21)26-11(2)15(22)12-6-8-13(25-4)9-7-12/h6-9,11H,5,10H2,1-4H3,(H,19,24)/t11-,18-/m1/s1. The number of carbonyl (C=O) groups excluding carboxylic acids is 4. The molecule has 1 fully saturated rings. The molecule has 1 heterocycles. The first-order valence-electron chi connectivity index (χ1n) is 8.23. The first kappa shape index (κ1) is 19.4. The highest BCUT2D eigenvalue weighted by Crippen LogP contribution is 2.21. The molecule has 1 saturated heterocycles. The number of hydrogen-bond donors (Lipinski definition) is 1. The number of methoxy groups -OCH3 is 1. The van der Waals surface area contributed by atoms with Crippen LogP contribution in [-0.4, -0.2) is 53.9 Å². The lowest BCUT2D eigenvalue weighted by Gasteiger charge is -2.19. The van der Waals surface area contributed by atoms with Gasteiger partial charge in [-0.1, -0.05) is 6.92 Å². The fourth-order valence-electron chi connectivity index (χ4n) is 2.54. The normalized spacial score (nSPS) is 20.5. The monoisotopic (exact) mass is 362 g/mol. The fraction of sp³-hybridized carbons (Fsp3) is 0.444. The minimum absolute atomic E-state index is 0.361. The Morgan fingerprint density at radius 3 is 2.35 bits per heavy atom. The predicted octanol–water partition coefficient (Wildman–Crippen LogP) is 1.53. The van der Waals surface area contributed by atoms with Crippen LogP contribution < -0.4 is 10.1 Å². The highest BCUT2D eigenvalue weighted by molar-refractivity contribution is 6.08. The second-order valence-corrected chi connectivity index (χ2v) is 6.23. The van der Waals surface area contributed by atoms with Crippen LogP contribution >= 0.6 is 0 Å². The molecule has 0 unspecified atom stereocenters. The quantitative estimate of drug-likeness (QED) is 0.448. The molecule has 1 aromatic rings. The summed E-state index contributed by atoms with van der Waals surface area (Å²) in [6, 6.07) is 5.73. The van der Waals surface area contributed by atoms with Crippen LogP contribution in [0.1, 0.15) is 37.6 Å². The minimum atomic E-state index is -1.05. The molecular formula is C18H22N2O6. The zero-order valence-corrected chi connectivity index (χ0v) is 15.2. The van der Waals surface area contributed by atoms with Crippen molar-refractivity contribution in [2.75, 3.05) is 13.7 Å². The Balaban J connectivity index is 1.97. The van der Waals surface area contributed by atoms with Crippen molar-refractivity contribution in [1.82, 2.24) is 10.2 Å². The van der Waals surface area contributed by atoms with Gasteiger partial charge < -0.3 is 14.8 Å². The number of ketones is 1. The number of urea groups is 1. The first-order valence-corrected chi connectivity index (χ1v) is 8.23. The summed E-state index contributed by atoms with van der Waals surface area (Å²) in [5.41, 5.74) is -0.665. The molecule has 1 N–H and O–H groups in total. The number of rotatable bonds is 7. The second-order valence-electron chi connectivity index (χ2n) is 6.23. The summed E-state index contributed by atoms with van der Waals surface area (Å²) >= 11 is 0. The number of nitrogens with one attached hydrogen (secondary N) is 1. The summed E-state index contributed by atoms with van der Waals surface area (Å²) in [5.74, 6) is -1.11. The summed E-state index contributed by atoms with van der Waals surface area (Å²) in [7, 11) is 1.51. The van der Waals surface area contributed by atoms with Gasteiger partial charge in [0.1, 0.15) is 17.8 Å². The molecule has 8 nitrogen and oxygen atoms in total. The van der Waals surface area contributed by atoms with Gasteiger partial charge in [0.05, 0.1) is 7.11 Å². The van der Waals surface area contributed by atoms with Gasteiger partial charge in [0.2, 0.25) is 5.78 Å². The number of benzene rings is 1. The number of imide groups is 1. The molecule has 2 atom stereocenters. The van der Waals surface area contributed by atoms with Crippen LogP contribution in [-0.2, 0) is 14.3 Å². The molecular weight excluding hydrogens is 340 g/mol. The number of nitrogens with zero attached hydrogens (tertiary/aromatic N) is 1. The molecule has 140 valence electrons. The average molecular weight is 362 g/mol. The number of Topliss-reactive ketones (excluding diaryl/α,β-unsaturated/α-hetero) is 1. The van der Waals surface area contributed by atoms with Crippen molar-refractivity contribution in [1.29, 1.82) is 0 Å². The van der Waals surface area contributed by atoms with Crippen LogP contribution in [0.4, 0.5) is 4.79 Å². The summed E-state index contributed by atoms with van der Waals surface area (Å²) in [6.07, 6.45) is -0.649. The van der Waals surface area contributed by atoms with Crippen molar-refractivity contribution in [3.05, 3.63) is 29.8 Å². The van der Waals surface area contributed by atoms with E-state index in [1.165, 1.54) is 14.0 Å². The lowest BCUT2D eigenvalue weighted by Crippen LogP contribution is -2.43. The van der Waals surface area contributed by atoms with Crippen molar-refractivity contribution in [2.45, 2.75) is 38.8 Å². The number of ether oxygens (including phenoxy) is 2. The van der Waals surface area contributed by atoms with Crippen LogP contribution in [0.15, 0.2) is 24.3 Å². The van der Waals surface area contributed by atoms with Crippen LogP contribution in [0.25, 0.3) is 0 Å². The predicted molar refractivity (Wildman–Crippen MR) is 91.8 cm³/mol. The SMILES string of the molecule is CC[C@@]1(C)NC(=O)N(CC(=O)O[C@H](C)C(=O)c2ccc(OC)cc2)C1=O. The molecule has 0 aliphatic carbocycles. The second kappa shape index (κ2) is 7.55. The third-order valence-corrected chi connectivity index (χ3v) is 4.39. The van der Waals surface area contributed by atoms with Gasteiger partial charge in [-0.05, 0) is 44.5 Å². The maximum Gasteiger partial charge on any atom is 0.326 e. The van der Waals surface area contributed by atoms with Crippen molar-refractivity contribution >= 4 is 23.7 Å². The van der Waals surface area contributed by atoms with Crippen molar-refractivity contribution in [3.8, 4) is 5.75 Å². The van der Waals surface area contributed by atoms with E-state index in [2.05, 4.69) is 5.32 Å². The first-order chi connectivity index (χ1) is 12.2. The molecule has 0 aromatic heterocycles. The van der Waals surface area contributed by atoms with Crippen LogP contribution in [0.5, 0.6) is 5.75 Å². The lowest BCUT2D eigenvalue weighted by molar-refractivity contribution is -0.149. The summed E-state index contributed by atoms with van der Waals surface area (Å²) in [5, 5.41) is 2.55. The maximum absolute atomic E-state index is 12.3. The number of carbonyl (C=O) groups is 4. The molecule has 26 heavy (non-hydrogen) atoms. The summed E-state index contributed by atoms with van der Waals surface area (Å²) < 4.78 is 10.1. The third-order valence-electron chi connectivity index (χ3n) is 4.39. The topological polar surface area (TPSA) is 102 Å². The number of esters is 1. The van der Waals surface area contributed by atoms with E-state index < -0.39 is 41.9 Å². The average Bonchev–Trinajstić information content (AvgIpc) is 2.84. The molecule has 1 aliphatic rings. The van der Waals surface area contributed by atoms with E-state index in [1.807, 2.05) is 0 Å². The Hall–Kier alpha value is -2.90. The molecule has 0 spiro atoms. The van der Waals surface area contributed by atoms with E-state index in [4.69, 9.17) is 9.47 Å². The molecule has 0 bridgehead atoms. The maximum atomic E-state index is 12.3. The van der Waals surface area contributed by atoms with Crippen LogP contribution in [0.2, 0.25) is 0 Å². The largest absolute Gasteiger partial charge is 0.497 e. The van der Waals surface area contributed by atoms with Gasteiger partial charge >= 0.3 is 12.0 Å². The van der Waals surface area contributed by atoms with E-state index in [0.29, 0.717) is 17.7 Å². The highest BCUT2D eigenvalue weighted by Gasteiger charge is 2.47. The van der Waals surface area contributed by atoms with Gasteiger partial charge in [0.25, 0.3) is 5.91 Å². The molecule has 0 saturated carbocycles. The van der Waals surface area contributed by atoms with E-state index in [-0.39, 0.29) is 0 Å². The van der Waals surface area contributed by atoms with Crippen molar-refractivity contribution in [3.63, 3.8) is 0 Å². The Bertz CT molecular complexity index is 730. The summed E-state index contributed by atoms with van der Waals surface area (Å²) in [4.78, 5) is 49.4. The Morgan fingerprint density at radius 1 is 1.23 bits per heavy atom. The van der Waals surface area contributed by atoms with E-state index >= 15 is 0 Å². The third kappa shape index (κ3) is 3.84. The van der Waals surface area contributed by atoms with Crippen LogP contribution in [0.3, 0.4) is 0 Å². The minimum Gasteiger partial charge on any atom is -0.497 e. The van der Waals surface area contributed by atoms with E-state index in [0.717, 1.165) is 4.90 Å². The molecule has 3 amide bonds. The Morgan fingerprint density at radius 2 is 1.85 bits per heavy atom. The van der Waals surface area contributed by atoms with E-state index in [9.17, 15) is 19.2 Å². The molecule has 8 heteroatoms. The van der Waals surface area contributed by atoms with Gasteiger partial charge in [-0.2, -0.15) is 0 Å². The molecule has 1 aliphatic heterocycles. The smallest absolute Gasteiger partial charge is 0.326 e.